The van der Waals surface area contributed by atoms with Gasteiger partial charge in [0.15, 0.2) is 5.78 Å². The van der Waals surface area contributed by atoms with Gasteiger partial charge in [0, 0.05) is 41.1 Å². The lowest BCUT2D eigenvalue weighted by Gasteiger charge is -2.22. The van der Waals surface area contributed by atoms with Gasteiger partial charge in [0.05, 0.1) is 5.52 Å². The molecule has 2 aromatic heterocycles. The Morgan fingerprint density at radius 2 is 1.71 bits per heavy atom. The molecule has 2 aromatic carbocycles. The van der Waals surface area contributed by atoms with E-state index in [1.807, 2.05) is 32.9 Å². The van der Waals surface area contributed by atoms with Gasteiger partial charge in [-0.1, -0.05) is 43.7 Å². The Bertz CT molecular complexity index is 1480. The van der Waals surface area contributed by atoms with E-state index in [9.17, 15) is 9.59 Å². The normalized spacial score (nSPS) is 11.7. The molecule has 0 bridgehead atoms. The first-order valence-corrected chi connectivity index (χ1v) is 13.8. The quantitative estimate of drug-likeness (QED) is 0.247. The van der Waals surface area contributed by atoms with Crippen molar-refractivity contribution in [1.82, 2.24) is 15.3 Å². The number of alkyl carbamates (subject to hydrolysis) is 1. The third kappa shape index (κ3) is 6.45. The van der Waals surface area contributed by atoms with Crippen molar-refractivity contribution in [3.8, 4) is 21.7 Å². The summed E-state index contributed by atoms with van der Waals surface area (Å²) >= 11 is 1.45. The second-order valence-electron chi connectivity index (χ2n) is 11.1. The molecule has 0 aliphatic heterocycles. The first-order chi connectivity index (χ1) is 17.9. The number of rotatable bonds is 7. The number of aryl methyl sites for hydroxylation is 1. The molecule has 1 amide bonds. The van der Waals surface area contributed by atoms with E-state index in [1.54, 1.807) is 5.38 Å². The molecule has 4 aromatic rings. The van der Waals surface area contributed by atoms with Crippen molar-refractivity contribution >= 4 is 34.1 Å². The van der Waals surface area contributed by atoms with E-state index < -0.39 is 11.7 Å². The number of ketones is 1. The Morgan fingerprint density at radius 3 is 2.32 bits per heavy atom. The molecule has 0 spiro atoms. The molecule has 0 aliphatic rings. The number of nitrogens with zero attached hydrogens (tertiary/aromatic N) is 2. The Hall–Kier alpha value is -3.58. The average molecular weight is 530 g/mol. The summed E-state index contributed by atoms with van der Waals surface area (Å²) in [6.45, 7) is 13.8. The minimum absolute atomic E-state index is 0.0517. The fourth-order valence-electron chi connectivity index (χ4n) is 4.33. The van der Waals surface area contributed by atoms with Crippen LogP contribution in [0.3, 0.4) is 0 Å². The van der Waals surface area contributed by atoms with Gasteiger partial charge in [0.2, 0.25) is 0 Å². The van der Waals surface area contributed by atoms with Crippen LogP contribution in [-0.2, 0) is 17.7 Å². The number of fused-ring (bicyclic) bond motifs is 1. The van der Waals surface area contributed by atoms with E-state index in [0.717, 1.165) is 50.3 Å². The molecule has 0 unspecified atom stereocenters. The third-order valence-corrected chi connectivity index (χ3v) is 6.92. The summed E-state index contributed by atoms with van der Waals surface area (Å²) in [5.41, 5.74) is 6.87. The van der Waals surface area contributed by atoms with Gasteiger partial charge >= 0.3 is 6.09 Å². The topological polar surface area (TPSA) is 81.2 Å². The number of aromatic nitrogens is 2. The lowest BCUT2D eigenvalue weighted by molar-refractivity contribution is 0.0523. The fourth-order valence-corrected chi connectivity index (χ4v) is 5.18. The third-order valence-electron chi connectivity index (χ3n) is 6.03. The fraction of sp³-hybridized carbons (Fsp3) is 0.355. The van der Waals surface area contributed by atoms with Gasteiger partial charge in [-0.05, 0) is 69.4 Å². The molecule has 1 N–H and O–H groups in total. The van der Waals surface area contributed by atoms with Crippen molar-refractivity contribution in [1.29, 1.82) is 0 Å². The summed E-state index contributed by atoms with van der Waals surface area (Å²) < 4.78 is 5.52. The van der Waals surface area contributed by atoms with Crippen molar-refractivity contribution in [3.63, 3.8) is 0 Å². The number of carbonyl (C=O) groups is 2. The number of hydrogen-bond donors (Lipinski definition) is 1. The highest BCUT2D eigenvalue weighted by molar-refractivity contribution is 7.13. The predicted octanol–water partition coefficient (Wildman–Crippen LogP) is 7.76. The van der Waals surface area contributed by atoms with Crippen LogP contribution in [0.1, 0.15) is 68.9 Å². The molecule has 0 saturated heterocycles. The number of nitrogens with one attached hydrogen (secondary N) is 1. The van der Waals surface area contributed by atoms with E-state index in [1.165, 1.54) is 23.8 Å². The second-order valence-corrected chi connectivity index (χ2v) is 11.9. The van der Waals surface area contributed by atoms with Crippen LogP contribution in [0.2, 0.25) is 0 Å². The summed E-state index contributed by atoms with van der Waals surface area (Å²) in [5.74, 6) is 0.329. The molecular formula is C31H35N3O3S. The molecule has 0 atom stereocenters. The Kier molecular flexibility index (Phi) is 7.97. The van der Waals surface area contributed by atoms with Gasteiger partial charge in [-0.3, -0.25) is 9.78 Å². The van der Waals surface area contributed by atoms with Crippen molar-refractivity contribution < 1.29 is 14.3 Å². The second kappa shape index (κ2) is 11.0. The van der Waals surface area contributed by atoms with E-state index in [0.29, 0.717) is 18.2 Å². The summed E-state index contributed by atoms with van der Waals surface area (Å²) in [5, 5.41) is 6.52. The zero-order valence-electron chi connectivity index (χ0n) is 23.1. The van der Waals surface area contributed by atoms with Crippen LogP contribution in [0.15, 0.2) is 47.8 Å². The van der Waals surface area contributed by atoms with Gasteiger partial charge in [-0.25, -0.2) is 9.78 Å². The summed E-state index contributed by atoms with van der Waals surface area (Å²) in [6.07, 6.45) is 0.312. The molecule has 0 radical (unpaired) electrons. The Labute approximate surface area is 228 Å². The molecular weight excluding hydrogens is 494 g/mol. The maximum absolute atomic E-state index is 12.6. The number of benzene rings is 2. The van der Waals surface area contributed by atoms with E-state index >= 15 is 0 Å². The van der Waals surface area contributed by atoms with Crippen LogP contribution >= 0.6 is 11.3 Å². The number of pyridine rings is 1. The number of Topliss-reactive ketones (excluding diaryl/α,β-unsaturated/α-hetero) is 1. The van der Waals surface area contributed by atoms with Gasteiger partial charge in [0.25, 0.3) is 0 Å². The number of hydrogen-bond acceptors (Lipinski definition) is 6. The molecule has 0 saturated carbocycles. The first kappa shape index (κ1) is 27.5. The van der Waals surface area contributed by atoms with Crippen molar-refractivity contribution in [2.24, 2.45) is 5.92 Å². The predicted molar refractivity (Wildman–Crippen MR) is 155 cm³/mol. The number of carbonyl (C=O) groups excluding carboxylic acids is 2. The SMILES string of the molecule is CC(=O)c1csc(-c2ccc3nc(CC(C)C)c(CNC(=O)OC(C)(C)C)c(-c4ccc(C)cc4)c3c2)n1. The molecule has 0 aliphatic carbocycles. The number of ether oxygens (including phenoxy) is 1. The van der Waals surface area contributed by atoms with Crippen LogP contribution in [-0.4, -0.2) is 27.4 Å². The monoisotopic (exact) mass is 529 g/mol. The van der Waals surface area contributed by atoms with Crippen LogP contribution in [0.5, 0.6) is 0 Å². The molecule has 2 heterocycles. The van der Waals surface area contributed by atoms with Gasteiger partial charge in [-0.2, -0.15) is 0 Å². The highest BCUT2D eigenvalue weighted by Gasteiger charge is 2.21. The molecule has 0 fully saturated rings. The standard InChI is InChI=1S/C31H35N3O3S/c1-18(2)14-26-24(16-32-30(36)37-31(5,6)7)28(21-10-8-19(3)9-11-21)23-15-22(12-13-25(23)33-26)29-34-27(17-38-29)20(4)35/h8-13,15,17-18H,14,16H2,1-7H3,(H,32,36). The summed E-state index contributed by atoms with van der Waals surface area (Å²) in [6, 6.07) is 14.5. The Morgan fingerprint density at radius 1 is 1.03 bits per heavy atom. The van der Waals surface area contributed by atoms with Crippen LogP contribution in [0.4, 0.5) is 4.79 Å². The zero-order valence-corrected chi connectivity index (χ0v) is 24.0. The van der Waals surface area contributed by atoms with Crippen molar-refractivity contribution in [2.75, 3.05) is 0 Å². The van der Waals surface area contributed by atoms with Gasteiger partial charge < -0.3 is 10.1 Å². The summed E-state index contributed by atoms with van der Waals surface area (Å²) in [4.78, 5) is 34.1. The minimum Gasteiger partial charge on any atom is -0.444 e. The highest BCUT2D eigenvalue weighted by atomic mass is 32.1. The molecule has 38 heavy (non-hydrogen) atoms. The lowest BCUT2D eigenvalue weighted by Crippen LogP contribution is -2.32. The van der Waals surface area contributed by atoms with Crippen LogP contribution in [0.25, 0.3) is 32.6 Å². The van der Waals surface area contributed by atoms with E-state index in [4.69, 9.17) is 9.72 Å². The van der Waals surface area contributed by atoms with E-state index in [2.05, 4.69) is 61.4 Å². The maximum Gasteiger partial charge on any atom is 0.407 e. The molecule has 4 rings (SSSR count). The molecule has 6 nitrogen and oxygen atoms in total. The summed E-state index contributed by atoms with van der Waals surface area (Å²) in [7, 11) is 0. The first-order valence-electron chi connectivity index (χ1n) is 12.9. The minimum atomic E-state index is -0.590. The average Bonchev–Trinajstić information content (AvgIpc) is 3.32. The zero-order chi connectivity index (χ0) is 27.6. The van der Waals surface area contributed by atoms with Gasteiger partial charge in [0.1, 0.15) is 16.3 Å². The van der Waals surface area contributed by atoms with Crippen LogP contribution < -0.4 is 5.32 Å². The van der Waals surface area contributed by atoms with Gasteiger partial charge in [-0.15, -0.1) is 11.3 Å². The number of amides is 1. The van der Waals surface area contributed by atoms with E-state index in [-0.39, 0.29) is 5.78 Å². The maximum atomic E-state index is 12.6. The number of thiazole rings is 1. The Balaban J connectivity index is 1.92. The smallest absolute Gasteiger partial charge is 0.407 e. The molecule has 198 valence electrons. The van der Waals surface area contributed by atoms with Crippen molar-refractivity contribution in [3.05, 3.63) is 70.4 Å². The lowest BCUT2D eigenvalue weighted by atomic mass is 9.90. The largest absolute Gasteiger partial charge is 0.444 e. The highest BCUT2D eigenvalue weighted by Crippen LogP contribution is 2.37. The van der Waals surface area contributed by atoms with Crippen LogP contribution in [0, 0.1) is 12.8 Å². The van der Waals surface area contributed by atoms with Crippen molar-refractivity contribution in [2.45, 2.75) is 67.0 Å². The molecule has 7 heteroatoms.